The van der Waals surface area contributed by atoms with Crippen molar-refractivity contribution in [1.29, 1.82) is 0 Å². The number of aromatic nitrogens is 3. The van der Waals surface area contributed by atoms with E-state index in [1.165, 1.54) is 5.56 Å². The second-order valence-corrected chi connectivity index (χ2v) is 7.14. The molecule has 1 N–H and O–H groups in total. The lowest BCUT2D eigenvalue weighted by Gasteiger charge is -2.32. The maximum absolute atomic E-state index is 12.2. The fourth-order valence-electron chi connectivity index (χ4n) is 3.85. The number of ether oxygens (including phenoxy) is 1. The van der Waals surface area contributed by atoms with E-state index in [0.717, 1.165) is 49.5 Å². The van der Waals surface area contributed by atoms with E-state index in [0.29, 0.717) is 5.82 Å². The van der Waals surface area contributed by atoms with Gasteiger partial charge in [-0.2, -0.15) is 0 Å². The van der Waals surface area contributed by atoms with Gasteiger partial charge in [0.1, 0.15) is 11.6 Å². The quantitative estimate of drug-likeness (QED) is 0.740. The van der Waals surface area contributed by atoms with E-state index in [-0.39, 0.29) is 11.5 Å². The molecule has 6 heteroatoms. The summed E-state index contributed by atoms with van der Waals surface area (Å²) in [6, 6.07) is 13.5. The Morgan fingerprint density at radius 1 is 1.21 bits per heavy atom. The second-order valence-electron chi connectivity index (χ2n) is 7.14. The highest BCUT2D eigenvalue weighted by molar-refractivity contribution is 5.53. The van der Waals surface area contributed by atoms with Crippen molar-refractivity contribution < 1.29 is 4.74 Å². The van der Waals surface area contributed by atoms with Crippen LogP contribution in [0.15, 0.2) is 59.7 Å². The number of pyridine rings is 1. The number of hydrogen-bond acceptors (Lipinski definition) is 5. The lowest BCUT2D eigenvalue weighted by atomic mass is 9.94. The number of piperidine rings is 1. The van der Waals surface area contributed by atoms with Gasteiger partial charge < -0.3 is 9.72 Å². The molecule has 0 amide bonds. The summed E-state index contributed by atoms with van der Waals surface area (Å²) in [5, 5.41) is 0. The van der Waals surface area contributed by atoms with Crippen LogP contribution in [0, 0.1) is 0 Å². The highest BCUT2D eigenvalue weighted by Gasteiger charge is 2.24. The molecular formula is C22H24N4O2. The summed E-state index contributed by atoms with van der Waals surface area (Å²) in [5.41, 5.74) is 2.80. The maximum atomic E-state index is 12.2. The summed E-state index contributed by atoms with van der Waals surface area (Å²) in [6.45, 7) is 2.75. The van der Waals surface area contributed by atoms with Gasteiger partial charge in [-0.25, -0.2) is 4.98 Å². The summed E-state index contributed by atoms with van der Waals surface area (Å²) >= 11 is 0. The maximum Gasteiger partial charge on any atom is 0.251 e. The van der Waals surface area contributed by atoms with Crippen LogP contribution < -0.4 is 10.3 Å². The van der Waals surface area contributed by atoms with E-state index in [1.54, 1.807) is 25.6 Å². The Balaban J connectivity index is 1.55. The van der Waals surface area contributed by atoms with E-state index in [1.807, 2.05) is 30.3 Å². The predicted molar refractivity (Wildman–Crippen MR) is 108 cm³/mol. The zero-order valence-corrected chi connectivity index (χ0v) is 16.0. The Bertz CT molecular complexity index is 987. The van der Waals surface area contributed by atoms with Crippen molar-refractivity contribution in [3.05, 3.63) is 76.5 Å². The average molecular weight is 376 g/mol. The predicted octanol–water partition coefficient (Wildman–Crippen LogP) is 3.22. The van der Waals surface area contributed by atoms with Crippen LogP contribution in [0.5, 0.6) is 5.75 Å². The molecule has 3 aromatic rings. The Morgan fingerprint density at radius 2 is 2.04 bits per heavy atom. The van der Waals surface area contributed by atoms with Crippen LogP contribution in [0.4, 0.5) is 0 Å². The number of likely N-dealkylation sites (tertiary alicyclic amines) is 1. The molecule has 1 saturated heterocycles. The molecule has 1 aromatic carbocycles. The van der Waals surface area contributed by atoms with Crippen molar-refractivity contribution in [2.24, 2.45) is 0 Å². The van der Waals surface area contributed by atoms with Gasteiger partial charge in [0.2, 0.25) is 0 Å². The summed E-state index contributed by atoms with van der Waals surface area (Å²) in [4.78, 5) is 26.3. The molecule has 3 heterocycles. The number of rotatable bonds is 5. The average Bonchev–Trinajstić information content (AvgIpc) is 2.74. The van der Waals surface area contributed by atoms with Crippen LogP contribution in [0.25, 0.3) is 11.4 Å². The molecule has 0 radical (unpaired) electrons. The van der Waals surface area contributed by atoms with Gasteiger partial charge in [-0.1, -0.05) is 18.2 Å². The molecule has 28 heavy (non-hydrogen) atoms. The smallest absolute Gasteiger partial charge is 0.251 e. The summed E-state index contributed by atoms with van der Waals surface area (Å²) in [5.74, 6) is 1.76. The molecule has 0 spiro atoms. The van der Waals surface area contributed by atoms with Gasteiger partial charge in [0.15, 0.2) is 0 Å². The minimum atomic E-state index is -0.112. The Labute approximate surface area is 164 Å². The van der Waals surface area contributed by atoms with Crippen LogP contribution in [-0.4, -0.2) is 40.1 Å². The zero-order chi connectivity index (χ0) is 19.3. The van der Waals surface area contributed by atoms with E-state index in [4.69, 9.17) is 9.72 Å². The summed E-state index contributed by atoms with van der Waals surface area (Å²) < 4.78 is 5.49. The topological polar surface area (TPSA) is 71.1 Å². The molecule has 1 fully saturated rings. The largest absolute Gasteiger partial charge is 0.496 e. The van der Waals surface area contributed by atoms with Crippen LogP contribution in [-0.2, 0) is 6.54 Å². The van der Waals surface area contributed by atoms with Gasteiger partial charge in [0.05, 0.1) is 12.8 Å². The third-order valence-corrected chi connectivity index (χ3v) is 5.23. The molecule has 0 aliphatic carbocycles. The SMILES string of the molecule is COc1ccccc1CN1CCCC(c2cc(=O)[nH]c(-c3ccncc3)n2)C1. The second kappa shape index (κ2) is 8.35. The van der Waals surface area contributed by atoms with E-state index >= 15 is 0 Å². The van der Waals surface area contributed by atoms with E-state index < -0.39 is 0 Å². The van der Waals surface area contributed by atoms with Crippen molar-refractivity contribution in [2.45, 2.75) is 25.3 Å². The molecule has 0 saturated carbocycles. The van der Waals surface area contributed by atoms with Gasteiger partial charge in [-0.15, -0.1) is 0 Å². The van der Waals surface area contributed by atoms with Crippen molar-refractivity contribution in [3.63, 3.8) is 0 Å². The van der Waals surface area contributed by atoms with Crippen LogP contribution in [0.2, 0.25) is 0 Å². The molecule has 1 aliphatic rings. The molecule has 144 valence electrons. The number of H-pyrrole nitrogens is 1. The minimum Gasteiger partial charge on any atom is -0.496 e. The third kappa shape index (κ3) is 4.12. The number of nitrogens with zero attached hydrogens (tertiary/aromatic N) is 3. The van der Waals surface area contributed by atoms with Crippen molar-refractivity contribution in [1.82, 2.24) is 19.9 Å². The number of nitrogens with one attached hydrogen (secondary N) is 1. The van der Waals surface area contributed by atoms with Crippen molar-refractivity contribution in [2.75, 3.05) is 20.2 Å². The fraction of sp³-hybridized carbons (Fsp3) is 0.318. The van der Waals surface area contributed by atoms with Gasteiger partial charge in [-0.05, 0) is 37.6 Å². The Morgan fingerprint density at radius 3 is 2.86 bits per heavy atom. The normalized spacial score (nSPS) is 17.4. The van der Waals surface area contributed by atoms with Gasteiger partial charge >= 0.3 is 0 Å². The Hall–Kier alpha value is -2.99. The summed E-state index contributed by atoms with van der Waals surface area (Å²) in [6.07, 6.45) is 5.53. The first-order chi connectivity index (χ1) is 13.7. The highest BCUT2D eigenvalue weighted by atomic mass is 16.5. The number of aromatic amines is 1. The standard InChI is InChI=1S/C22H24N4O2/c1-28-20-7-3-2-5-18(20)15-26-12-4-6-17(14-26)19-13-21(27)25-22(24-19)16-8-10-23-11-9-16/h2-3,5,7-11,13,17H,4,6,12,14-15H2,1H3,(H,24,25,27). The number of benzene rings is 1. The third-order valence-electron chi connectivity index (χ3n) is 5.23. The lowest BCUT2D eigenvalue weighted by Crippen LogP contribution is -2.34. The first kappa shape index (κ1) is 18.4. The van der Waals surface area contributed by atoms with Crippen LogP contribution >= 0.6 is 0 Å². The molecule has 2 aromatic heterocycles. The van der Waals surface area contributed by atoms with Crippen LogP contribution in [0.1, 0.15) is 30.0 Å². The fourth-order valence-corrected chi connectivity index (χ4v) is 3.85. The molecule has 1 unspecified atom stereocenters. The monoisotopic (exact) mass is 376 g/mol. The van der Waals surface area contributed by atoms with Crippen LogP contribution in [0.3, 0.4) is 0 Å². The first-order valence-electron chi connectivity index (χ1n) is 9.59. The van der Waals surface area contributed by atoms with Gasteiger partial charge in [0.25, 0.3) is 5.56 Å². The first-order valence-corrected chi connectivity index (χ1v) is 9.59. The number of hydrogen-bond donors (Lipinski definition) is 1. The number of methoxy groups -OCH3 is 1. The van der Waals surface area contributed by atoms with Gasteiger partial charge in [0, 0.05) is 48.6 Å². The molecule has 1 atom stereocenters. The molecule has 4 rings (SSSR count). The van der Waals surface area contributed by atoms with E-state index in [9.17, 15) is 4.79 Å². The van der Waals surface area contributed by atoms with Crippen molar-refractivity contribution in [3.8, 4) is 17.1 Å². The lowest BCUT2D eigenvalue weighted by molar-refractivity contribution is 0.196. The molecule has 0 bridgehead atoms. The van der Waals surface area contributed by atoms with Gasteiger partial charge in [-0.3, -0.25) is 14.7 Å². The zero-order valence-electron chi connectivity index (χ0n) is 16.0. The van der Waals surface area contributed by atoms with E-state index in [2.05, 4.69) is 20.9 Å². The summed E-state index contributed by atoms with van der Waals surface area (Å²) in [7, 11) is 1.71. The Kier molecular flexibility index (Phi) is 5.48. The molecule has 6 nitrogen and oxygen atoms in total. The molecule has 1 aliphatic heterocycles. The minimum absolute atomic E-state index is 0.112. The molecular weight excluding hydrogens is 352 g/mol. The highest BCUT2D eigenvalue weighted by Crippen LogP contribution is 2.28. The number of para-hydroxylation sites is 1. The van der Waals surface area contributed by atoms with Crippen molar-refractivity contribution >= 4 is 0 Å².